The summed E-state index contributed by atoms with van der Waals surface area (Å²) in [4.78, 5) is 25.0. The fourth-order valence-corrected chi connectivity index (χ4v) is 4.75. The lowest BCUT2D eigenvalue weighted by molar-refractivity contribution is -0.114. The molecule has 0 saturated heterocycles. The summed E-state index contributed by atoms with van der Waals surface area (Å²) in [5.41, 5.74) is 1.15. The molecule has 1 amide bonds. The first-order valence-corrected chi connectivity index (χ1v) is 13.2. The van der Waals surface area contributed by atoms with E-state index in [1.807, 2.05) is 13.8 Å². The Hall–Kier alpha value is -3.85. The minimum absolute atomic E-state index is 0.0357. The summed E-state index contributed by atoms with van der Waals surface area (Å²) < 4.78 is 38.6. The van der Waals surface area contributed by atoms with Crippen molar-refractivity contribution in [3.63, 3.8) is 0 Å². The molecule has 0 radical (unpaired) electrons. The van der Waals surface area contributed by atoms with Gasteiger partial charge in [-0.2, -0.15) is 0 Å². The molecule has 3 rings (SSSR count). The van der Waals surface area contributed by atoms with Crippen molar-refractivity contribution in [1.82, 2.24) is 0 Å². The Bertz CT molecular complexity index is 1240. The van der Waals surface area contributed by atoms with Gasteiger partial charge >= 0.3 is 5.97 Å². The molecule has 8 nitrogen and oxygen atoms in total. The number of anilines is 2. The molecule has 0 saturated carbocycles. The number of hydrogen-bond donors (Lipinski definition) is 1. The molecule has 0 aliphatic heterocycles. The SMILES string of the molecule is CCCCOC(=O)c1ccc(NC(=O)CN(c2ccccc2)S(=O)(=O)c2ccc(OCC)cc2)cc1. The smallest absolute Gasteiger partial charge is 0.338 e. The molecule has 36 heavy (non-hydrogen) atoms. The van der Waals surface area contributed by atoms with Crippen LogP contribution in [-0.2, 0) is 19.6 Å². The van der Waals surface area contributed by atoms with Gasteiger partial charge in [0.1, 0.15) is 12.3 Å². The van der Waals surface area contributed by atoms with Crippen LogP contribution in [-0.4, -0.2) is 40.1 Å². The first-order chi connectivity index (χ1) is 17.3. The Morgan fingerprint density at radius 2 is 1.56 bits per heavy atom. The Morgan fingerprint density at radius 3 is 2.17 bits per heavy atom. The lowest BCUT2D eigenvalue weighted by atomic mass is 10.2. The minimum Gasteiger partial charge on any atom is -0.494 e. The van der Waals surface area contributed by atoms with Crippen LogP contribution in [0.5, 0.6) is 5.75 Å². The van der Waals surface area contributed by atoms with E-state index in [9.17, 15) is 18.0 Å². The molecule has 0 unspecified atom stereocenters. The van der Waals surface area contributed by atoms with Gasteiger partial charge in [-0.25, -0.2) is 13.2 Å². The quantitative estimate of drug-likeness (QED) is 0.275. The zero-order valence-electron chi connectivity index (χ0n) is 20.3. The van der Waals surface area contributed by atoms with Crippen LogP contribution in [0.2, 0.25) is 0 Å². The second kappa shape index (κ2) is 12.7. The zero-order valence-corrected chi connectivity index (χ0v) is 21.2. The maximum absolute atomic E-state index is 13.5. The second-order valence-corrected chi connectivity index (χ2v) is 9.73. The van der Waals surface area contributed by atoms with Gasteiger partial charge in [-0.15, -0.1) is 0 Å². The largest absolute Gasteiger partial charge is 0.494 e. The monoisotopic (exact) mass is 510 g/mol. The first kappa shape index (κ1) is 26.7. The maximum atomic E-state index is 13.5. The standard InChI is InChI=1S/C27H30N2O6S/c1-3-5-19-35-27(31)21-11-13-22(14-12-21)28-26(30)20-29(23-9-7-6-8-10-23)36(32,33)25-17-15-24(16-18-25)34-4-2/h6-18H,3-5,19-20H2,1-2H3,(H,28,30). The van der Waals surface area contributed by atoms with E-state index in [4.69, 9.17) is 9.47 Å². The molecule has 0 aliphatic rings. The molecule has 0 fully saturated rings. The number of ether oxygens (including phenoxy) is 2. The van der Waals surface area contributed by atoms with E-state index in [1.165, 1.54) is 12.1 Å². The van der Waals surface area contributed by atoms with Crippen LogP contribution in [0.4, 0.5) is 11.4 Å². The van der Waals surface area contributed by atoms with Crippen molar-refractivity contribution in [2.24, 2.45) is 0 Å². The molecular formula is C27H30N2O6S. The van der Waals surface area contributed by atoms with E-state index in [-0.39, 0.29) is 4.90 Å². The summed E-state index contributed by atoms with van der Waals surface area (Å²) in [5, 5.41) is 2.69. The third-order valence-electron chi connectivity index (χ3n) is 5.19. The summed E-state index contributed by atoms with van der Waals surface area (Å²) in [5.74, 6) is -0.414. The molecule has 3 aromatic carbocycles. The third-order valence-corrected chi connectivity index (χ3v) is 6.98. The van der Waals surface area contributed by atoms with Crippen molar-refractivity contribution < 1.29 is 27.5 Å². The Balaban J connectivity index is 1.75. The van der Waals surface area contributed by atoms with Gasteiger partial charge in [0.2, 0.25) is 5.91 Å². The molecule has 1 N–H and O–H groups in total. The van der Waals surface area contributed by atoms with Crippen LogP contribution in [0.3, 0.4) is 0 Å². The highest BCUT2D eigenvalue weighted by atomic mass is 32.2. The normalized spacial score (nSPS) is 10.9. The van der Waals surface area contributed by atoms with Gasteiger partial charge in [-0.3, -0.25) is 9.10 Å². The maximum Gasteiger partial charge on any atom is 0.338 e. The van der Waals surface area contributed by atoms with Crippen molar-refractivity contribution in [2.45, 2.75) is 31.6 Å². The summed E-state index contributed by atoms with van der Waals surface area (Å²) in [6.07, 6.45) is 1.71. The number of benzene rings is 3. The van der Waals surface area contributed by atoms with Gasteiger partial charge in [0.05, 0.1) is 29.4 Å². The number of sulfonamides is 1. The van der Waals surface area contributed by atoms with Gasteiger partial charge < -0.3 is 14.8 Å². The minimum atomic E-state index is -4.05. The molecule has 0 heterocycles. The molecule has 0 aliphatic carbocycles. The summed E-state index contributed by atoms with van der Waals surface area (Å²) in [7, 11) is -4.05. The number of rotatable bonds is 12. The van der Waals surface area contributed by atoms with Crippen molar-refractivity contribution in [3.8, 4) is 5.75 Å². The van der Waals surface area contributed by atoms with Crippen molar-refractivity contribution in [2.75, 3.05) is 29.4 Å². The van der Waals surface area contributed by atoms with Crippen molar-refractivity contribution in [1.29, 1.82) is 0 Å². The lowest BCUT2D eigenvalue weighted by Gasteiger charge is -2.24. The van der Waals surface area contributed by atoms with Gasteiger partial charge in [0, 0.05) is 5.69 Å². The number of unbranched alkanes of at least 4 members (excludes halogenated alkanes) is 1. The lowest BCUT2D eigenvalue weighted by Crippen LogP contribution is -2.38. The Labute approximate surface area is 211 Å². The number of carbonyl (C=O) groups is 2. The molecule has 3 aromatic rings. The topological polar surface area (TPSA) is 102 Å². The predicted octanol–water partition coefficient (Wildman–Crippen LogP) is 4.88. The second-order valence-electron chi connectivity index (χ2n) is 7.87. The molecule has 0 aromatic heterocycles. The predicted molar refractivity (Wildman–Crippen MR) is 139 cm³/mol. The number of nitrogens with zero attached hydrogens (tertiary/aromatic N) is 1. The number of para-hydroxylation sites is 1. The van der Waals surface area contributed by atoms with E-state index in [0.717, 1.165) is 17.1 Å². The average molecular weight is 511 g/mol. The molecular weight excluding hydrogens is 480 g/mol. The van der Waals surface area contributed by atoms with E-state index in [0.29, 0.717) is 35.9 Å². The van der Waals surface area contributed by atoms with E-state index < -0.39 is 28.4 Å². The molecule has 190 valence electrons. The van der Waals surface area contributed by atoms with Crippen molar-refractivity contribution >= 4 is 33.3 Å². The van der Waals surface area contributed by atoms with Crippen LogP contribution in [0.25, 0.3) is 0 Å². The molecule has 9 heteroatoms. The van der Waals surface area contributed by atoms with E-state index in [2.05, 4.69) is 5.32 Å². The number of hydrogen-bond acceptors (Lipinski definition) is 6. The highest BCUT2D eigenvalue weighted by molar-refractivity contribution is 7.92. The molecule has 0 atom stereocenters. The van der Waals surface area contributed by atoms with Crippen LogP contribution in [0.15, 0.2) is 83.8 Å². The summed E-state index contributed by atoms with van der Waals surface area (Å²) in [6.45, 7) is 4.22. The van der Waals surface area contributed by atoms with Crippen LogP contribution >= 0.6 is 0 Å². The van der Waals surface area contributed by atoms with Gasteiger partial charge in [-0.05, 0) is 74.0 Å². The van der Waals surface area contributed by atoms with Gasteiger partial charge in [0.15, 0.2) is 0 Å². The van der Waals surface area contributed by atoms with Gasteiger partial charge in [0.25, 0.3) is 10.0 Å². The average Bonchev–Trinajstić information content (AvgIpc) is 2.89. The third kappa shape index (κ3) is 7.08. The number of nitrogens with one attached hydrogen (secondary N) is 1. The Morgan fingerprint density at radius 1 is 0.889 bits per heavy atom. The fourth-order valence-electron chi connectivity index (χ4n) is 3.32. The number of carbonyl (C=O) groups excluding carboxylic acids is 2. The highest BCUT2D eigenvalue weighted by Crippen LogP contribution is 2.25. The van der Waals surface area contributed by atoms with E-state index in [1.54, 1.807) is 66.7 Å². The van der Waals surface area contributed by atoms with Crippen molar-refractivity contribution in [3.05, 3.63) is 84.4 Å². The number of amides is 1. The fraction of sp³-hybridized carbons (Fsp3) is 0.259. The van der Waals surface area contributed by atoms with E-state index >= 15 is 0 Å². The number of esters is 1. The molecule has 0 bridgehead atoms. The summed E-state index contributed by atoms with van der Waals surface area (Å²) >= 11 is 0. The zero-order chi connectivity index (χ0) is 26.0. The van der Waals surface area contributed by atoms with Gasteiger partial charge in [-0.1, -0.05) is 31.5 Å². The van der Waals surface area contributed by atoms with Crippen LogP contribution in [0, 0.1) is 0 Å². The highest BCUT2D eigenvalue weighted by Gasteiger charge is 2.27. The first-order valence-electron chi connectivity index (χ1n) is 11.7. The summed E-state index contributed by atoms with van der Waals surface area (Å²) in [6, 6.07) is 20.7. The van der Waals surface area contributed by atoms with Crippen LogP contribution < -0.4 is 14.4 Å². The van der Waals surface area contributed by atoms with Crippen LogP contribution in [0.1, 0.15) is 37.0 Å². The Kier molecular flexibility index (Phi) is 9.46. The molecule has 0 spiro atoms.